The topological polar surface area (TPSA) is 85.6 Å². The number of benzene rings is 2. The smallest absolute Gasteiger partial charge is 0.335 e. The van der Waals surface area contributed by atoms with Gasteiger partial charge in [0.1, 0.15) is 24.2 Å². The van der Waals surface area contributed by atoms with Gasteiger partial charge in [0.25, 0.3) is 0 Å². The van der Waals surface area contributed by atoms with E-state index in [-0.39, 0.29) is 17.2 Å². The Labute approximate surface area is 166 Å². The second-order valence-corrected chi connectivity index (χ2v) is 7.63. The minimum atomic E-state index is -1.02. The van der Waals surface area contributed by atoms with Crippen molar-refractivity contribution in [3.63, 3.8) is 0 Å². The van der Waals surface area contributed by atoms with Crippen LogP contribution in [0.5, 0.6) is 5.75 Å². The predicted molar refractivity (Wildman–Crippen MR) is 104 cm³/mol. The molecule has 8 heteroatoms. The first-order valence-corrected chi connectivity index (χ1v) is 9.82. The van der Waals surface area contributed by atoms with Crippen molar-refractivity contribution in [3.8, 4) is 11.8 Å². The lowest BCUT2D eigenvalue weighted by atomic mass is 10.0. The van der Waals surface area contributed by atoms with Gasteiger partial charge < -0.3 is 19.5 Å². The van der Waals surface area contributed by atoms with E-state index in [1.807, 2.05) is 6.07 Å². The van der Waals surface area contributed by atoms with E-state index in [1.54, 1.807) is 12.1 Å². The van der Waals surface area contributed by atoms with Crippen molar-refractivity contribution in [2.75, 3.05) is 22.8 Å². The minimum Gasteiger partial charge on any atom is -0.490 e. The third kappa shape index (κ3) is 3.45. The molecule has 2 aromatic rings. The molecule has 2 aliphatic heterocycles. The van der Waals surface area contributed by atoms with Gasteiger partial charge in [0.05, 0.1) is 33.4 Å². The van der Waals surface area contributed by atoms with Crippen LogP contribution in [-0.4, -0.2) is 30.3 Å². The van der Waals surface area contributed by atoms with E-state index in [1.165, 1.54) is 30.1 Å². The van der Waals surface area contributed by atoms with E-state index in [2.05, 4.69) is 9.62 Å². The molecule has 0 bridgehead atoms. The number of nitrogens with zero attached hydrogens (tertiary/aromatic N) is 2. The molecule has 1 atom stereocenters. The van der Waals surface area contributed by atoms with Gasteiger partial charge in [-0.25, -0.2) is 9.18 Å². The van der Waals surface area contributed by atoms with Crippen LogP contribution in [-0.2, 0) is 0 Å². The Morgan fingerprint density at radius 3 is 3.00 bits per heavy atom. The lowest BCUT2D eigenvalue weighted by Crippen LogP contribution is -2.43. The zero-order valence-corrected chi connectivity index (χ0v) is 15.8. The number of anilines is 2. The summed E-state index contributed by atoms with van der Waals surface area (Å²) >= 11 is 1.19. The lowest BCUT2D eigenvalue weighted by Gasteiger charge is -2.39. The number of aromatic carboxylic acids is 1. The number of nitriles is 1. The number of hydrogen-bond donors (Lipinski definition) is 2. The molecule has 0 spiro atoms. The van der Waals surface area contributed by atoms with Crippen LogP contribution in [0.4, 0.5) is 15.8 Å². The van der Waals surface area contributed by atoms with Gasteiger partial charge in [-0.15, -0.1) is 0 Å². The molecule has 0 aromatic heterocycles. The van der Waals surface area contributed by atoms with Crippen LogP contribution in [0.25, 0.3) is 0 Å². The molecule has 28 heavy (non-hydrogen) atoms. The van der Waals surface area contributed by atoms with Crippen molar-refractivity contribution >= 4 is 29.3 Å². The molecule has 1 fully saturated rings. The first-order chi connectivity index (χ1) is 13.6. The SMILES string of the molecule is N#Cc1cc2c(cc1F)N1CCCCC1COc1ccc(C(=O)O)cc1SN2. The van der Waals surface area contributed by atoms with Crippen LogP contribution in [0.2, 0.25) is 0 Å². The van der Waals surface area contributed by atoms with Crippen LogP contribution in [0.3, 0.4) is 0 Å². The highest BCUT2D eigenvalue weighted by atomic mass is 32.2. The maximum absolute atomic E-state index is 14.4. The zero-order chi connectivity index (χ0) is 19.7. The molecular weight excluding hydrogens is 381 g/mol. The van der Waals surface area contributed by atoms with Crippen molar-refractivity contribution in [2.24, 2.45) is 0 Å². The average Bonchev–Trinajstić information content (AvgIpc) is 2.71. The fourth-order valence-electron chi connectivity index (χ4n) is 3.59. The Hall–Kier alpha value is -2.92. The summed E-state index contributed by atoms with van der Waals surface area (Å²) in [5.74, 6) is -0.976. The van der Waals surface area contributed by atoms with E-state index >= 15 is 0 Å². The minimum absolute atomic E-state index is 0.0340. The largest absolute Gasteiger partial charge is 0.490 e. The summed E-state index contributed by atoms with van der Waals surface area (Å²) in [4.78, 5) is 14.1. The first kappa shape index (κ1) is 18.4. The van der Waals surface area contributed by atoms with Crippen LogP contribution in [0, 0.1) is 17.1 Å². The third-order valence-corrected chi connectivity index (χ3v) is 5.90. The summed E-state index contributed by atoms with van der Waals surface area (Å²) in [5, 5.41) is 18.5. The van der Waals surface area contributed by atoms with E-state index in [9.17, 15) is 19.6 Å². The maximum atomic E-state index is 14.4. The van der Waals surface area contributed by atoms with E-state index in [4.69, 9.17) is 4.74 Å². The summed E-state index contributed by atoms with van der Waals surface area (Å²) in [6.45, 7) is 1.20. The molecule has 1 saturated heterocycles. The van der Waals surface area contributed by atoms with Gasteiger partial charge in [-0.05, 0) is 55.5 Å². The number of carbonyl (C=O) groups is 1. The molecule has 2 heterocycles. The monoisotopic (exact) mass is 399 g/mol. The number of ether oxygens (including phenoxy) is 1. The van der Waals surface area contributed by atoms with Crippen LogP contribution in [0.1, 0.15) is 35.2 Å². The van der Waals surface area contributed by atoms with Crippen molar-refractivity contribution < 1.29 is 19.0 Å². The van der Waals surface area contributed by atoms with Crippen molar-refractivity contribution in [1.29, 1.82) is 5.26 Å². The van der Waals surface area contributed by atoms with Gasteiger partial charge in [0.15, 0.2) is 0 Å². The molecule has 144 valence electrons. The van der Waals surface area contributed by atoms with Gasteiger partial charge in [-0.1, -0.05) is 0 Å². The zero-order valence-electron chi connectivity index (χ0n) is 14.9. The van der Waals surface area contributed by atoms with Gasteiger partial charge >= 0.3 is 5.97 Å². The molecule has 0 amide bonds. The predicted octanol–water partition coefficient (Wildman–Crippen LogP) is 4.27. The number of rotatable bonds is 1. The lowest BCUT2D eigenvalue weighted by molar-refractivity contribution is 0.0696. The Kier molecular flexibility index (Phi) is 5.01. The highest BCUT2D eigenvalue weighted by Crippen LogP contribution is 2.39. The molecular formula is C20H18FN3O3S. The van der Waals surface area contributed by atoms with Crippen LogP contribution in [0.15, 0.2) is 35.2 Å². The number of fused-ring (bicyclic) bond motifs is 4. The highest BCUT2D eigenvalue weighted by molar-refractivity contribution is 8.00. The van der Waals surface area contributed by atoms with Crippen molar-refractivity contribution in [1.82, 2.24) is 0 Å². The molecule has 4 rings (SSSR count). The average molecular weight is 399 g/mol. The molecule has 0 saturated carbocycles. The normalized spacial score (nSPS) is 18.4. The highest BCUT2D eigenvalue weighted by Gasteiger charge is 2.28. The number of halogens is 1. The Morgan fingerprint density at radius 2 is 2.21 bits per heavy atom. The summed E-state index contributed by atoms with van der Waals surface area (Å²) in [6.07, 6.45) is 2.98. The summed E-state index contributed by atoms with van der Waals surface area (Å²) in [6, 6.07) is 9.58. The molecule has 2 N–H and O–H groups in total. The number of carboxylic acids is 1. The number of piperidine rings is 1. The Bertz CT molecular complexity index is 976. The summed E-state index contributed by atoms with van der Waals surface area (Å²) < 4.78 is 23.5. The molecule has 0 radical (unpaired) electrons. The van der Waals surface area contributed by atoms with Gasteiger partial charge in [0.2, 0.25) is 0 Å². The second-order valence-electron chi connectivity index (χ2n) is 6.79. The van der Waals surface area contributed by atoms with Gasteiger partial charge in [0, 0.05) is 12.6 Å². The van der Waals surface area contributed by atoms with Gasteiger partial charge in [-0.3, -0.25) is 0 Å². The van der Waals surface area contributed by atoms with Crippen molar-refractivity contribution in [3.05, 3.63) is 47.3 Å². The number of nitrogens with one attached hydrogen (secondary N) is 1. The van der Waals surface area contributed by atoms with Gasteiger partial charge in [-0.2, -0.15) is 5.26 Å². The van der Waals surface area contributed by atoms with E-state index in [0.29, 0.717) is 28.6 Å². The number of carboxylic acid groups (broad SMARTS) is 1. The molecule has 0 aliphatic carbocycles. The van der Waals surface area contributed by atoms with E-state index < -0.39 is 11.8 Å². The van der Waals surface area contributed by atoms with Crippen molar-refractivity contribution in [2.45, 2.75) is 30.2 Å². The fourth-order valence-corrected chi connectivity index (χ4v) is 4.39. The maximum Gasteiger partial charge on any atom is 0.335 e. The standard InChI is InChI=1S/C20H18FN3O3S/c21-15-9-17-16(7-13(15)10-22)23-28-19-8-12(20(25)26)4-5-18(19)27-11-14-3-1-2-6-24(14)17/h4-5,7-9,14,23H,1-3,6,11H2,(H,25,26). The third-order valence-electron chi connectivity index (χ3n) is 5.04. The molecule has 2 aliphatic rings. The summed E-state index contributed by atoms with van der Waals surface area (Å²) in [5.41, 5.74) is 1.44. The molecule has 1 unspecified atom stereocenters. The Balaban J connectivity index is 1.79. The second kappa shape index (κ2) is 7.60. The Morgan fingerprint density at radius 1 is 1.36 bits per heavy atom. The summed E-state index contributed by atoms with van der Waals surface area (Å²) in [7, 11) is 0. The van der Waals surface area contributed by atoms with E-state index in [0.717, 1.165) is 25.8 Å². The first-order valence-electron chi connectivity index (χ1n) is 9.00. The number of hydrogen-bond acceptors (Lipinski definition) is 6. The van der Waals surface area contributed by atoms with Crippen LogP contribution < -0.4 is 14.4 Å². The molecule has 2 aromatic carbocycles. The van der Waals surface area contributed by atoms with Crippen LogP contribution >= 0.6 is 11.9 Å². The molecule has 6 nitrogen and oxygen atoms in total. The fraction of sp³-hybridized carbons (Fsp3) is 0.300. The quantitative estimate of drug-likeness (QED) is 0.693.